The maximum atomic E-state index is 12.0. The highest BCUT2D eigenvalue weighted by molar-refractivity contribution is 5.78. The Morgan fingerprint density at radius 3 is 2.91 bits per heavy atom. The molecule has 0 saturated heterocycles. The van der Waals surface area contributed by atoms with Gasteiger partial charge in [0.2, 0.25) is 0 Å². The van der Waals surface area contributed by atoms with Gasteiger partial charge in [0.15, 0.2) is 0 Å². The molecule has 1 aromatic carbocycles. The average Bonchev–Trinajstić information content (AvgIpc) is 3.25. The standard InChI is InChI=1S/C18H20N2O3.H2/c1-3-23-17(22)15-14-13(21)9-18(10-19,16(14)15)20-11(2)12-7-5-4-6-8-12;/h3-8,11,13-16,20-21H,1,9H2,2H3;1H/t11-,13+,14+,15+,16+,18-;/m1./s1. The molecule has 5 nitrogen and oxygen atoms in total. The molecule has 0 unspecified atom stereocenters. The molecule has 2 fully saturated rings. The minimum atomic E-state index is -0.913. The first-order valence-electron chi connectivity index (χ1n) is 7.77. The lowest BCUT2D eigenvalue weighted by atomic mass is 9.89. The molecule has 0 aromatic heterocycles. The number of nitrogens with zero attached hydrogens (tertiary/aromatic N) is 1. The van der Waals surface area contributed by atoms with Gasteiger partial charge in [0, 0.05) is 25.7 Å². The molecule has 1 aromatic rings. The Bertz CT molecular complexity index is 660. The summed E-state index contributed by atoms with van der Waals surface area (Å²) < 4.78 is 4.85. The van der Waals surface area contributed by atoms with Crippen molar-refractivity contribution >= 4 is 5.97 Å². The van der Waals surface area contributed by atoms with Crippen LogP contribution in [0.1, 0.15) is 26.4 Å². The number of aliphatic hydroxyl groups is 1. The number of nitrogens with one attached hydrogen (secondary N) is 1. The van der Waals surface area contributed by atoms with Crippen LogP contribution in [0.25, 0.3) is 0 Å². The molecule has 2 aliphatic carbocycles. The summed E-state index contributed by atoms with van der Waals surface area (Å²) >= 11 is 0. The molecule has 6 atom stereocenters. The first-order chi connectivity index (χ1) is 11.0. The van der Waals surface area contributed by atoms with Crippen molar-refractivity contribution in [2.24, 2.45) is 17.8 Å². The van der Waals surface area contributed by atoms with E-state index in [9.17, 15) is 15.2 Å². The molecule has 5 heteroatoms. The van der Waals surface area contributed by atoms with Crippen LogP contribution in [0.15, 0.2) is 43.2 Å². The molecule has 0 aliphatic heterocycles. The zero-order valence-corrected chi connectivity index (χ0v) is 13.0. The highest BCUT2D eigenvalue weighted by Crippen LogP contribution is 2.62. The fourth-order valence-electron chi connectivity index (χ4n) is 4.03. The van der Waals surface area contributed by atoms with Crippen LogP contribution >= 0.6 is 0 Å². The van der Waals surface area contributed by atoms with E-state index in [1.54, 1.807) is 0 Å². The molecular weight excluding hydrogens is 292 g/mol. The minimum Gasteiger partial charge on any atom is -0.435 e. The molecular formula is C18H22N2O3. The number of esters is 1. The number of aliphatic hydroxyl groups excluding tert-OH is 1. The number of ether oxygens (including phenoxy) is 1. The Balaban J connectivity index is 0.00000208. The van der Waals surface area contributed by atoms with Gasteiger partial charge in [-0.3, -0.25) is 10.1 Å². The molecule has 3 rings (SSSR count). The van der Waals surface area contributed by atoms with E-state index in [0.717, 1.165) is 11.8 Å². The van der Waals surface area contributed by atoms with Crippen LogP contribution < -0.4 is 5.32 Å². The van der Waals surface area contributed by atoms with Crippen molar-refractivity contribution in [3.05, 3.63) is 48.7 Å². The lowest BCUT2D eigenvalue weighted by Crippen LogP contribution is -2.48. The predicted octanol–water partition coefficient (Wildman–Crippen LogP) is 2.16. The van der Waals surface area contributed by atoms with Gasteiger partial charge >= 0.3 is 5.97 Å². The number of carbonyl (C=O) groups is 1. The van der Waals surface area contributed by atoms with Gasteiger partial charge < -0.3 is 9.84 Å². The summed E-state index contributed by atoms with van der Waals surface area (Å²) in [6.45, 7) is 5.36. The number of benzene rings is 1. The molecule has 2 aliphatic rings. The normalized spacial score (nSPS) is 35.7. The largest absolute Gasteiger partial charge is 0.435 e. The van der Waals surface area contributed by atoms with Gasteiger partial charge in [-0.05, 0) is 12.5 Å². The Hall–Kier alpha value is -2.16. The van der Waals surface area contributed by atoms with Gasteiger partial charge in [0.1, 0.15) is 5.54 Å². The number of fused-ring (bicyclic) bond motifs is 1. The van der Waals surface area contributed by atoms with Crippen molar-refractivity contribution in [1.82, 2.24) is 5.32 Å². The fraction of sp³-hybridized carbons (Fsp3) is 0.444. The van der Waals surface area contributed by atoms with Crippen molar-refractivity contribution in [2.45, 2.75) is 31.0 Å². The number of nitriles is 1. The van der Waals surface area contributed by atoms with Crippen LogP contribution in [-0.4, -0.2) is 22.7 Å². The summed E-state index contributed by atoms with van der Waals surface area (Å²) in [5.74, 6) is -1.28. The first kappa shape index (κ1) is 15.7. The van der Waals surface area contributed by atoms with Crippen molar-refractivity contribution in [3.8, 4) is 6.07 Å². The van der Waals surface area contributed by atoms with Crippen LogP contribution in [0.2, 0.25) is 0 Å². The van der Waals surface area contributed by atoms with Crippen molar-refractivity contribution in [1.29, 1.82) is 5.26 Å². The number of hydrogen-bond acceptors (Lipinski definition) is 5. The third kappa shape index (κ3) is 2.54. The molecule has 23 heavy (non-hydrogen) atoms. The Labute approximate surface area is 137 Å². The zero-order valence-electron chi connectivity index (χ0n) is 13.0. The molecule has 0 heterocycles. The highest BCUT2D eigenvalue weighted by Gasteiger charge is 2.73. The Kier molecular flexibility index (Phi) is 3.97. The smallest absolute Gasteiger partial charge is 0.314 e. The first-order valence-corrected chi connectivity index (χ1v) is 7.77. The van der Waals surface area contributed by atoms with Crippen LogP contribution in [0, 0.1) is 29.1 Å². The molecule has 0 radical (unpaired) electrons. The summed E-state index contributed by atoms with van der Waals surface area (Å²) in [6, 6.07) is 12.1. The van der Waals surface area contributed by atoms with E-state index < -0.39 is 23.5 Å². The number of carbonyl (C=O) groups excluding carboxylic acids is 1. The SMILES string of the molecule is C=COC(=O)[C@H]1[C@H]2[C@@H]1[C@@](C#N)(N[C@H](C)c1ccccc1)C[C@@H]2O.[HH]. The van der Waals surface area contributed by atoms with Crippen molar-refractivity contribution in [2.75, 3.05) is 0 Å². The van der Waals surface area contributed by atoms with E-state index in [-0.39, 0.29) is 19.3 Å². The summed E-state index contributed by atoms with van der Waals surface area (Å²) in [7, 11) is 0. The van der Waals surface area contributed by atoms with Gasteiger partial charge in [0.25, 0.3) is 0 Å². The van der Waals surface area contributed by atoms with Crippen LogP contribution in [-0.2, 0) is 9.53 Å². The molecule has 0 amide bonds. The highest BCUT2D eigenvalue weighted by atomic mass is 16.5. The summed E-state index contributed by atoms with van der Waals surface area (Å²) in [4.78, 5) is 12.0. The zero-order chi connectivity index (χ0) is 16.6. The third-order valence-electron chi connectivity index (χ3n) is 5.06. The van der Waals surface area contributed by atoms with E-state index in [4.69, 9.17) is 4.74 Å². The second-order valence-electron chi connectivity index (χ2n) is 6.36. The topological polar surface area (TPSA) is 82.4 Å². The van der Waals surface area contributed by atoms with Crippen LogP contribution in [0.4, 0.5) is 0 Å². The van der Waals surface area contributed by atoms with E-state index in [1.807, 2.05) is 37.3 Å². The van der Waals surface area contributed by atoms with Crippen molar-refractivity contribution in [3.63, 3.8) is 0 Å². The molecule has 0 bridgehead atoms. The maximum absolute atomic E-state index is 12.0. The molecule has 0 spiro atoms. The number of rotatable bonds is 5. The monoisotopic (exact) mass is 314 g/mol. The van der Waals surface area contributed by atoms with Gasteiger partial charge in [-0.2, -0.15) is 5.26 Å². The fourth-order valence-corrected chi connectivity index (χ4v) is 4.03. The third-order valence-corrected chi connectivity index (χ3v) is 5.06. The van der Waals surface area contributed by atoms with E-state index in [2.05, 4.69) is 18.0 Å². The summed E-state index contributed by atoms with van der Waals surface area (Å²) in [6.07, 6.45) is 0.752. The van der Waals surface area contributed by atoms with Crippen LogP contribution in [0.5, 0.6) is 0 Å². The Morgan fingerprint density at radius 1 is 1.61 bits per heavy atom. The van der Waals surface area contributed by atoms with Gasteiger partial charge in [0.05, 0.1) is 24.4 Å². The van der Waals surface area contributed by atoms with Gasteiger partial charge in [-0.1, -0.05) is 36.9 Å². The average molecular weight is 314 g/mol. The maximum Gasteiger partial charge on any atom is 0.314 e. The van der Waals surface area contributed by atoms with E-state index >= 15 is 0 Å². The second-order valence-corrected chi connectivity index (χ2v) is 6.36. The van der Waals surface area contributed by atoms with Crippen LogP contribution in [0.3, 0.4) is 0 Å². The lowest BCUT2D eigenvalue weighted by molar-refractivity contribution is -0.141. The van der Waals surface area contributed by atoms with Gasteiger partial charge in [-0.25, -0.2) is 0 Å². The lowest BCUT2D eigenvalue weighted by Gasteiger charge is -2.30. The summed E-state index contributed by atoms with van der Waals surface area (Å²) in [5.41, 5.74) is 0.149. The van der Waals surface area contributed by atoms with Crippen molar-refractivity contribution < 1.29 is 16.1 Å². The minimum absolute atomic E-state index is 0. The van der Waals surface area contributed by atoms with E-state index in [0.29, 0.717) is 6.42 Å². The van der Waals surface area contributed by atoms with E-state index in [1.165, 1.54) is 0 Å². The van der Waals surface area contributed by atoms with Gasteiger partial charge in [-0.15, -0.1) is 0 Å². The number of hydrogen-bond donors (Lipinski definition) is 2. The predicted molar refractivity (Wildman–Crippen MR) is 85.8 cm³/mol. The molecule has 2 saturated carbocycles. The quantitative estimate of drug-likeness (QED) is 0.643. The molecule has 2 N–H and O–H groups in total. The second kappa shape index (κ2) is 5.80. The molecule has 122 valence electrons. The Morgan fingerprint density at radius 2 is 2.30 bits per heavy atom. The summed E-state index contributed by atoms with van der Waals surface area (Å²) in [5, 5.41) is 23.4.